The molecule has 0 N–H and O–H groups in total. The third-order valence-electron chi connectivity index (χ3n) is 3.56. The van der Waals surface area contributed by atoms with Crippen LogP contribution in [-0.2, 0) is 0 Å². The van der Waals surface area contributed by atoms with Gasteiger partial charge < -0.3 is 0 Å². The van der Waals surface area contributed by atoms with Crippen molar-refractivity contribution in [2.75, 3.05) is 0 Å². The van der Waals surface area contributed by atoms with Crippen LogP contribution < -0.4 is 0 Å². The minimum atomic E-state index is -0.510. The van der Waals surface area contributed by atoms with Crippen molar-refractivity contribution in [3.8, 4) is 22.5 Å². The second-order valence-corrected chi connectivity index (χ2v) is 5.00. The molecule has 0 bridgehead atoms. The van der Waals surface area contributed by atoms with Gasteiger partial charge in [-0.25, -0.2) is 9.97 Å². The summed E-state index contributed by atoms with van der Waals surface area (Å²) >= 11 is 0. The number of fused-ring (bicyclic) bond motifs is 1. The van der Waals surface area contributed by atoms with E-state index in [0.29, 0.717) is 17.2 Å². The van der Waals surface area contributed by atoms with Gasteiger partial charge >= 0.3 is 0 Å². The highest BCUT2D eigenvalue weighted by Crippen LogP contribution is 2.26. The van der Waals surface area contributed by atoms with Gasteiger partial charge in [-0.3, -0.25) is 4.98 Å². The molecule has 0 atom stereocenters. The first-order valence-electron chi connectivity index (χ1n) is 6.97. The number of hydrogen-bond donors (Lipinski definition) is 0. The molecule has 0 aromatic carbocycles. The fourth-order valence-corrected chi connectivity index (χ4v) is 2.48. The molecule has 4 rings (SSSR count). The van der Waals surface area contributed by atoms with E-state index in [4.69, 9.17) is 0 Å². The average Bonchev–Trinajstić information content (AvgIpc) is 3.03. The highest BCUT2D eigenvalue weighted by atomic mass is 19.1. The Hall–Kier alpha value is -3.22. The first-order valence-corrected chi connectivity index (χ1v) is 6.97. The largest absolute Gasteiger partial charge is 0.265 e. The van der Waals surface area contributed by atoms with Crippen LogP contribution in [0.5, 0.6) is 0 Å². The fourth-order valence-electron chi connectivity index (χ4n) is 2.48. The van der Waals surface area contributed by atoms with Crippen molar-refractivity contribution in [2.24, 2.45) is 0 Å². The minimum Gasteiger partial charge on any atom is -0.265 e. The molecule has 112 valence electrons. The number of halogens is 1. The van der Waals surface area contributed by atoms with Crippen LogP contribution in [0.2, 0.25) is 0 Å². The van der Waals surface area contributed by atoms with Crippen molar-refractivity contribution in [3.05, 3.63) is 60.7 Å². The predicted octanol–water partition coefficient (Wildman–Crippen LogP) is 2.70. The smallest absolute Gasteiger partial charge is 0.253 e. The Kier molecular flexibility index (Phi) is 3.04. The van der Waals surface area contributed by atoms with Gasteiger partial charge in [0.05, 0.1) is 11.4 Å². The lowest BCUT2D eigenvalue weighted by molar-refractivity contribution is 0.580. The number of pyridine rings is 2. The van der Waals surface area contributed by atoms with Crippen LogP contribution in [-0.4, -0.2) is 29.5 Å². The number of rotatable bonds is 2. The molecule has 0 amide bonds. The predicted molar refractivity (Wildman–Crippen MR) is 81.9 cm³/mol. The minimum absolute atomic E-state index is 0.470. The SMILES string of the molecule is Cc1nc(F)ccc1-c1cc(-c2ccncc2)n2ncnc2n1. The average molecular weight is 306 g/mol. The molecule has 0 unspecified atom stereocenters. The first-order chi connectivity index (χ1) is 11.2. The van der Waals surface area contributed by atoms with Crippen LogP contribution in [0, 0.1) is 12.9 Å². The molecular weight excluding hydrogens is 295 g/mol. The zero-order valence-corrected chi connectivity index (χ0v) is 12.2. The van der Waals surface area contributed by atoms with Crippen molar-refractivity contribution in [3.63, 3.8) is 0 Å². The lowest BCUT2D eigenvalue weighted by Crippen LogP contribution is -2.00. The van der Waals surface area contributed by atoms with Gasteiger partial charge in [-0.2, -0.15) is 19.0 Å². The van der Waals surface area contributed by atoms with E-state index in [0.717, 1.165) is 16.8 Å². The van der Waals surface area contributed by atoms with Crippen molar-refractivity contribution in [2.45, 2.75) is 6.92 Å². The molecule has 7 heteroatoms. The maximum Gasteiger partial charge on any atom is 0.253 e. The van der Waals surface area contributed by atoms with Crippen molar-refractivity contribution in [1.82, 2.24) is 29.5 Å². The fraction of sp³-hybridized carbons (Fsp3) is 0.0625. The topological polar surface area (TPSA) is 68.9 Å². The molecule has 0 radical (unpaired) electrons. The molecule has 23 heavy (non-hydrogen) atoms. The van der Waals surface area contributed by atoms with Crippen LogP contribution in [0.3, 0.4) is 0 Å². The van der Waals surface area contributed by atoms with Gasteiger partial charge in [-0.05, 0) is 37.3 Å². The van der Waals surface area contributed by atoms with Gasteiger partial charge in [0.1, 0.15) is 6.33 Å². The lowest BCUT2D eigenvalue weighted by Gasteiger charge is -2.09. The normalized spacial score (nSPS) is 11.0. The monoisotopic (exact) mass is 306 g/mol. The molecule has 0 saturated heterocycles. The quantitative estimate of drug-likeness (QED) is 0.533. The first kappa shape index (κ1) is 13.4. The van der Waals surface area contributed by atoms with Crippen LogP contribution in [0.1, 0.15) is 5.69 Å². The molecule has 0 aliphatic carbocycles. The summed E-state index contributed by atoms with van der Waals surface area (Å²) in [4.78, 5) is 16.6. The van der Waals surface area contributed by atoms with Gasteiger partial charge in [0, 0.05) is 29.2 Å². The van der Waals surface area contributed by atoms with E-state index in [-0.39, 0.29) is 0 Å². The van der Waals surface area contributed by atoms with Gasteiger partial charge in [-0.15, -0.1) is 0 Å². The zero-order chi connectivity index (χ0) is 15.8. The second kappa shape index (κ2) is 5.20. The molecule has 0 saturated carbocycles. The maximum atomic E-state index is 13.2. The molecule has 6 nitrogen and oxygen atoms in total. The molecule has 0 fully saturated rings. The van der Waals surface area contributed by atoms with E-state index in [1.165, 1.54) is 12.4 Å². The van der Waals surface area contributed by atoms with Gasteiger partial charge in [0.15, 0.2) is 0 Å². The third-order valence-corrected chi connectivity index (χ3v) is 3.56. The second-order valence-electron chi connectivity index (χ2n) is 5.00. The van der Waals surface area contributed by atoms with Crippen molar-refractivity contribution < 1.29 is 4.39 Å². The van der Waals surface area contributed by atoms with E-state index in [1.54, 1.807) is 29.9 Å². The third kappa shape index (κ3) is 2.32. The van der Waals surface area contributed by atoms with E-state index in [9.17, 15) is 4.39 Å². The lowest BCUT2D eigenvalue weighted by atomic mass is 10.1. The Labute approximate surface area is 130 Å². The Morgan fingerprint density at radius 3 is 2.65 bits per heavy atom. The van der Waals surface area contributed by atoms with E-state index >= 15 is 0 Å². The summed E-state index contributed by atoms with van der Waals surface area (Å²) in [5.41, 5.74) is 3.76. The molecular formula is C16H11FN6. The number of aromatic nitrogens is 6. The Bertz CT molecular complexity index is 996. The van der Waals surface area contributed by atoms with Crippen molar-refractivity contribution in [1.29, 1.82) is 0 Å². The molecule has 0 aliphatic heterocycles. The number of aryl methyl sites for hydroxylation is 1. The van der Waals surface area contributed by atoms with E-state index < -0.39 is 5.95 Å². The number of hydrogen-bond acceptors (Lipinski definition) is 5. The van der Waals surface area contributed by atoms with Gasteiger partial charge in [0.25, 0.3) is 5.78 Å². The molecule has 4 heterocycles. The van der Waals surface area contributed by atoms with E-state index in [2.05, 4.69) is 25.0 Å². The molecule has 0 spiro atoms. The highest BCUT2D eigenvalue weighted by molar-refractivity contribution is 5.71. The van der Waals surface area contributed by atoms with E-state index in [1.807, 2.05) is 18.2 Å². The van der Waals surface area contributed by atoms with Gasteiger partial charge in [0.2, 0.25) is 5.95 Å². The maximum absolute atomic E-state index is 13.2. The van der Waals surface area contributed by atoms with Crippen molar-refractivity contribution >= 4 is 5.78 Å². The standard InChI is InChI=1S/C16H11FN6/c1-10-12(2-3-15(17)21-10)13-8-14(11-4-6-18-7-5-11)23-16(22-13)19-9-20-23/h2-9H,1H3. The van der Waals surface area contributed by atoms with Gasteiger partial charge in [-0.1, -0.05) is 0 Å². The summed E-state index contributed by atoms with van der Waals surface area (Å²) in [6.07, 6.45) is 4.87. The summed E-state index contributed by atoms with van der Waals surface area (Å²) in [6.45, 7) is 1.75. The number of nitrogens with zero attached hydrogens (tertiary/aromatic N) is 6. The zero-order valence-electron chi connectivity index (χ0n) is 12.2. The summed E-state index contributed by atoms with van der Waals surface area (Å²) in [7, 11) is 0. The Morgan fingerprint density at radius 2 is 1.87 bits per heavy atom. The summed E-state index contributed by atoms with van der Waals surface area (Å²) in [6, 6.07) is 8.65. The van der Waals surface area contributed by atoms with Crippen LogP contribution in [0.4, 0.5) is 4.39 Å². The van der Waals surface area contributed by atoms with Crippen LogP contribution in [0.25, 0.3) is 28.3 Å². The molecule has 4 aromatic rings. The Balaban J connectivity index is 1.99. The summed E-state index contributed by atoms with van der Waals surface area (Å²) in [5, 5.41) is 4.21. The molecule has 4 aromatic heterocycles. The van der Waals surface area contributed by atoms with Crippen LogP contribution in [0.15, 0.2) is 49.1 Å². The summed E-state index contributed by atoms with van der Waals surface area (Å²) in [5.74, 6) is -0.0396. The Morgan fingerprint density at radius 1 is 1.04 bits per heavy atom. The highest BCUT2D eigenvalue weighted by Gasteiger charge is 2.13. The molecule has 0 aliphatic rings. The summed E-state index contributed by atoms with van der Waals surface area (Å²) < 4.78 is 14.9. The van der Waals surface area contributed by atoms with Crippen LogP contribution >= 0.6 is 0 Å².